The Morgan fingerprint density at radius 1 is 1.11 bits per heavy atom. The number of carbonyl (C=O) groups excluding carboxylic acids is 2. The summed E-state index contributed by atoms with van der Waals surface area (Å²) in [6, 6.07) is 15.6. The Labute approximate surface area is 164 Å². The van der Waals surface area contributed by atoms with E-state index in [2.05, 4.69) is 22.4 Å². The number of hydrogen-bond acceptors (Lipinski definition) is 5. The number of dihydropyridines is 1. The van der Waals surface area contributed by atoms with Crippen LogP contribution in [0.4, 0.5) is 0 Å². The molecule has 0 saturated heterocycles. The van der Waals surface area contributed by atoms with E-state index < -0.39 is 11.9 Å². The Morgan fingerprint density at radius 3 is 2.54 bits per heavy atom. The number of Topliss-reactive ketones (excluding diaryl/α,β-unsaturated/α-hetero) is 1. The van der Waals surface area contributed by atoms with Crippen LogP contribution in [0.1, 0.15) is 42.9 Å². The van der Waals surface area contributed by atoms with Gasteiger partial charge in [-0.2, -0.15) is 0 Å². The summed E-state index contributed by atoms with van der Waals surface area (Å²) in [5.41, 5.74) is 4.51. The number of hydrogen-bond donors (Lipinski definition) is 1. The van der Waals surface area contributed by atoms with Crippen molar-refractivity contribution in [1.82, 2.24) is 10.3 Å². The summed E-state index contributed by atoms with van der Waals surface area (Å²) in [6.45, 7) is 1.85. The van der Waals surface area contributed by atoms with E-state index in [0.29, 0.717) is 29.0 Å². The molecule has 0 spiro atoms. The molecule has 2 aromatic rings. The first kappa shape index (κ1) is 18.2. The fourth-order valence-electron chi connectivity index (χ4n) is 4.22. The Morgan fingerprint density at radius 2 is 1.86 bits per heavy atom. The maximum absolute atomic E-state index is 13.3. The molecule has 1 aromatic carbocycles. The van der Waals surface area contributed by atoms with E-state index in [1.165, 1.54) is 7.11 Å². The van der Waals surface area contributed by atoms with Gasteiger partial charge in [0.05, 0.1) is 24.3 Å². The summed E-state index contributed by atoms with van der Waals surface area (Å²) in [4.78, 5) is 30.3. The van der Waals surface area contributed by atoms with Gasteiger partial charge in [0.2, 0.25) is 0 Å². The van der Waals surface area contributed by atoms with Gasteiger partial charge in [-0.15, -0.1) is 0 Å². The predicted octanol–water partition coefficient (Wildman–Crippen LogP) is 3.62. The van der Waals surface area contributed by atoms with Crippen LogP contribution in [0.25, 0.3) is 0 Å². The fourth-order valence-corrected chi connectivity index (χ4v) is 4.22. The molecule has 5 heteroatoms. The van der Waals surface area contributed by atoms with Crippen LogP contribution in [0.5, 0.6) is 0 Å². The zero-order valence-electron chi connectivity index (χ0n) is 15.9. The summed E-state index contributed by atoms with van der Waals surface area (Å²) in [5, 5.41) is 3.32. The lowest BCUT2D eigenvalue weighted by Gasteiger charge is -2.36. The molecule has 142 valence electrons. The number of ether oxygens (including phenoxy) is 1. The normalized spacial score (nSPS) is 21.9. The van der Waals surface area contributed by atoms with Crippen LogP contribution in [0.15, 0.2) is 77.3 Å². The quantitative estimate of drug-likeness (QED) is 0.831. The van der Waals surface area contributed by atoms with Crippen LogP contribution in [0.3, 0.4) is 0 Å². The summed E-state index contributed by atoms with van der Waals surface area (Å²) < 4.78 is 5.02. The third kappa shape index (κ3) is 3.13. The molecule has 0 fully saturated rings. The van der Waals surface area contributed by atoms with Crippen LogP contribution < -0.4 is 5.32 Å². The van der Waals surface area contributed by atoms with Crippen molar-refractivity contribution in [1.29, 1.82) is 0 Å². The van der Waals surface area contributed by atoms with Crippen molar-refractivity contribution in [3.05, 3.63) is 88.5 Å². The second kappa shape index (κ2) is 7.43. The number of rotatable bonds is 3. The third-order valence-corrected chi connectivity index (χ3v) is 5.49. The van der Waals surface area contributed by atoms with Crippen LogP contribution in [0.2, 0.25) is 0 Å². The van der Waals surface area contributed by atoms with E-state index in [0.717, 1.165) is 17.7 Å². The molecule has 1 N–H and O–H groups in total. The number of nitrogens with zero attached hydrogens (tertiary/aromatic N) is 1. The highest BCUT2D eigenvalue weighted by molar-refractivity contribution is 6.04. The monoisotopic (exact) mass is 374 g/mol. The molecule has 5 nitrogen and oxygen atoms in total. The standard InChI is InChI=1S/C23H22N2O3/c1-14-20(23(27)28-2)22(17-10-6-7-11-24-17)21-18(25-14)12-16(13-19(21)26)15-8-4-3-5-9-15/h3-11,16,22,25H,12-13H2,1-2H3/t16-,22-/m0/s1. The molecule has 4 rings (SSSR count). The van der Waals surface area contributed by atoms with E-state index in [1.54, 1.807) is 6.20 Å². The molecule has 0 bridgehead atoms. The topological polar surface area (TPSA) is 68.3 Å². The van der Waals surface area contributed by atoms with Crippen molar-refractivity contribution >= 4 is 11.8 Å². The van der Waals surface area contributed by atoms with Crippen molar-refractivity contribution < 1.29 is 14.3 Å². The summed E-state index contributed by atoms with van der Waals surface area (Å²) in [6.07, 6.45) is 2.82. The molecule has 0 unspecified atom stereocenters. The Hall–Kier alpha value is -3.21. The molecule has 2 heterocycles. The van der Waals surface area contributed by atoms with E-state index >= 15 is 0 Å². The first-order valence-electron chi connectivity index (χ1n) is 9.38. The highest BCUT2D eigenvalue weighted by atomic mass is 16.5. The number of esters is 1. The van der Waals surface area contributed by atoms with Crippen molar-refractivity contribution in [3.8, 4) is 0 Å². The van der Waals surface area contributed by atoms with Gasteiger partial charge in [0, 0.05) is 29.6 Å². The third-order valence-electron chi connectivity index (χ3n) is 5.49. The number of carbonyl (C=O) groups is 2. The number of allylic oxidation sites excluding steroid dienone is 3. The van der Waals surface area contributed by atoms with Gasteiger partial charge in [0.25, 0.3) is 0 Å². The van der Waals surface area contributed by atoms with Gasteiger partial charge in [0.1, 0.15) is 0 Å². The smallest absolute Gasteiger partial charge is 0.336 e. The van der Waals surface area contributed by atoms with Crippen LogP contribution in [0, 0.1) is 0 Å². The summed E-state index contributed by atoms with van der Waals surface area (Å²) >= 11 is 0. The molecule has 0 saturated carbocycles. The Bertz CT molecular complexity index is 977. The van der Waals surface area contributed by atoms with Crippen molar-refractivity contribution in [3.63, 3.8) is 0 Å². The molecule has 1 aliphatic carbocycles. The number of aromatic nitrogens is 1. The van der Waals surface area contributed by atoms with Gasteiger partial charge in [-0.3, -0.25) is 9.78 Å². The first-order chi connectivity index (χ1) is 13.6. The lowest BCUT2D eigenvalue weighted by Crippen LogP contribution is -2.36. The van der Waals surface area contributed by atoms with E-state index in [1.807, 2.05) is 43.3 Å². The van der Waals surface area contributed by atoms with Crippen LogP contribution in [-0.2, 0) is 14.3 Å². The predicted molar refractivity (Wildman–Crippen MR) is 105 cm³/mol. The number of pyridine rings is 1. The van der Waals surface area contributed by atoms with Gasteiger partial charge in [-0.05, 0) is 37.0 Å². The van der Waals surface area contributed by atoms with Crippen molar-refractivity contribution in [2.24, 2.45) is 0 Å². The fraction of sp³-hybridized carbons (Fsp3) is 0.261. The van der Waals surface area contributed by atoms with Gasteiger partial charge >= 0.3 is 5.97 Å². The minimum Gasteiger partial charge on any atom is -0.466 e. The minimum atomic E-state index is -0.505. The Balaban J connectivity index is 1.81. The molecular formula is C23H22N2O3. The summed E-state index contributed by atoms with van der Waals surface area (Å²) in [7, 11) is 1.36. The summed E-state index contributed by atoms with van der Waals surface area (Å²) in [5.74, 6) is -0.775. The maximum atomic E-state index is 13.3. The number of benzene rings is 1. The molecule has 0 amide bonds. The Kier molecular flexibility index (Phi) is 4.82. The first-order valence-corrected chi connectivity index (χ1v) is 9.38. The lowest BCUT2D eigenvalue weighted by atomic mass is 9.73. The van der Waals surface area contributed by atoms with E-state index in [4.69, 9.17) is 4.74 Å². The maximum Gasteiger partial charge on any atom is 0.336 e. The SMILES string of the molecule is COC(=O)C1=C(C)NC2=C(C(=O)C[C@@H](c3ccccc3)C2)[C@H]1c1ccccn1. The van der Waals surface area contributed by atoms with Gasteiger partial charge in [0.15, 0.2) is 5.78 Å². The zero-order chi connectivity index (χ0) is 19.7. The number of methoxy groups -OCH3 is 1. The highest BCUT2D eigenvalue weighted by Crippen LogP contribution is 2.45. The molecular weight excluding hydrogens is 352 g/mol. The number of ketones is 1. The molecule has 0 radical (unpaired) electrons. The number of nitrogens with one attached hydrogen (secondary N) is 1. The van der Waals surface area contributed by atoms with Gasteiger partial charge in [-0.25, -0.2) is 4.79 Å². The zero-order valence-corrected chi connectivity index (χ0v) is 15.9. The molecule has 2 aliphatic rings. The van der Waals surface area contributed by atoms with Crippen molar-refractivity contribution in [2.75, 3.05) is 7.11 Å². The minimum absolute atomic E-state index is 0.0483. The second-order valence-electron chi connectivity index (χ2n) is 7.17. The largest absolute Gasteiger partial charge is 0.466 e. The second-order valence-corrected chi connectivity index (χ2v) is 7.17. The van der Waals surface area contributed by atoms with E-state index in [9.17, 15) is 9.59 Å². The molecule has 1 aliphatic heterocycles. The average Bonchev–Trinajstić information content (AvgIpc) is 2.73. The van der Waals surface area contributed by atoms with Crippen LogP contribution >= 0.6 is 0 Å². The highest BCUT2D eigenvalue weighted by Gasteiger charge is 2.41. The van der Waals surface area contributed by atoms with Gasteiger partial charge in [-0.1, -0.05) is 36.4 Å². The molecule has 2 atom stereocenters. The molecule has 28 heavy (non-hydrogen) atoms. The molecule has 1 aromatic heterocycles. The average molecular weight is 374 g/mol. The van der Waals surface area contributed by atoms with E-state index in [-0.39, 0.29) is 11.7 Å². The van der Waals surface area contributed by atoms with Crippen LogP contribution in [-0.4, -0.2) is 23.8 Å². The van der Waals surface area contributed by atoms with Gasteiger partial charge < -0.3 is 10.1 Å². The van der Waals surface area contributed by atoms with Crippen molar-refractivity contribution in [2.45, 2.75) is 31.6 Å². The lowest BCUT2D eigenvalue weighted by molar-refractivity contribution is -0.136.